The van der Waals surface area contributed by atoms with Crippen molar-refractivity contribution in [2.75, 3.05) is 32.7 Å². The van der Waals surface area contributed by atoms with E-state index in [2.05, 4.69) is 21.7 Å². The lowest BCUT2D eigenvalue weighted by molar-refractivity contribution is 0.0627. The van der Waals surface area contributed by atoms with Gasteiger partial charge in [0.2, 0.25) is 0 Å². The third-order valence-electron chi connectivity index (χ3n) is 4.04. The van der Waals surface area contributed by atoms with Gasteiger partial charge in [-0.05, 0) is 18.9 Å². The molecule has 1 saturated carbocycles. The molecule has 1 saturated heterocycles. The van der Waals surface area contributed by atoms with Gasteiger partial charge in [0.25, 0.3) is 5.91 Å². The topological polar surface area (TPSA) is 62.5 Å². The standard InChI is InChI=1S/C16H20N4O/c17-6-1-2-13-12-18-7-5-15(13)16(21)20-10-8-19(9-11-20)14-3-4-14/h5,7,12,14H,3-4,6,8-11,17H2. The highest BCUT2D eigenvalue weighted by Gasteiger charge is 2.32. The smallest absolute Gasteiger partial charge is 0.255 e. The summed E-state index contributed by atoms with van der Waals surface area (Å²) in [5.41, 5.74) is 6.69. The van der Waals surface area contributed by atoms with Crippen LogP contribution in [0.15, 0.2) is 18.5 Å². The minimum atomic E-state index is 0.0502. The van der Waals surface area contributed by atoms with Gasteiger partial charge in [-0.15, -0.1) is 0 Å². The Hall–Kier alpha value is -1.90. The molecule has 0 aromatic carbocycles. The fraction of sp³-hybridized carbons (Fsp3) is 0.500. The van der Waals surface area contributed by atoms with Gasteiger partial charge >= 0.3 is 0 Å². The molecule has 2 fully saturated rings. The number of amides is 1. The first kappa shape index (κ1) is 14.1. The number of rotatable bonds is 2. The molecule has 3 rings (SSSR count). The van der Waals surface area contributed by atoms with Crippen molar-refractivity contribution in [1.82, 2.24) is 14.8 Å². The first-order chi connectivity index (χ1) is 10.3. The molecule has 1 aromatic rings. The van der Waals surface area contributed by atoms with Gasteiger partial charge in [0.15, 0.2) is 0 Å². The van der Waals surface area contributed by atoms with Crippen LogP contribution in [0.25, 0.3) is 0 Å². The monoisotopic (exact) mass is 284 g/mol. The average molecular weight is 284 g/mol. The zero-order valence-corrected chi connectivity index (χ0v) is 12.1. The van der Waals surface area contributed by atoms with Crippen molar-refractivity contribution in [3.05, 3.63) is 29.6 Å². The molecule has 1 amide bonds. The Morgan fingerprint density at radius 1 is 1.33 bits per heavy atom. The quantitative estimate of drug-likeness (QED) is 0.794. The van der Waals surface area contributed by atoms with Crippen LogP contribution in [0, 0.1) is 11.8 Å². The fourth-order valence-electron chi connectivity index (χ4n) is 2.73. The molecule has 2 aliphatic rings. The van der Waals surface area contributed by atoms with Crippen LogP contribution in [0.2, 0.25) is 0 Å². The van der Waals surface area contributed by atoms with Gasteiger partial charge in [-0.3, -0.25) is 14.7 Å². The number of hydrogen-bond acceptors (Lipinski definition) is 4. The van der Waals surface area contributed by atoms with E-state index in [-0.39, 0.29) is 12.5 Å². The van der Waals surface area contributed by atoms with E-state index in [1.807, 2.05) is 4.90 Å². The van der Waals surface area contributed by atoms with Crippen LogP contribution in [0.4, 0.5) is 0 Å². The summed E-state index contributed by atoms with van der Waals surface area (Å²) in [6, 6.07) is 2.52. The number of piperazine rings is 1. The predicted molar refractivity (Wildman–Crippen MR) is 80.7 cm³/mol. The summed E-state index contributed by atoms with van der Waals surface area (Å²) in [5, 5.41) is 0. The van der Waals surface area contributed by atoms with Crippen LogP contribution < -0.4 is 5.73 Å². The summed E-state index contributed by atoms with van der Waals surface area (Å²) in [7, 11) is 0. The van der Waals surface area contributed by atoms with Crippen LogP contribution in [0.1, 0.15) is 28.8 Å². The molecule has 0 atom stereocenters. The van der Waals surface area contributed by atoms with E-state index < -0.39 is 0 Å². The summed E-state index contributed by atoms with van der Waals surface area (Å²) in [6.45, 7) is 3.82. The summed E-state index contributed by atoms with van der Waals surface area (Å²) in [6.07, 6.45) is 5.91. The molecular weight excluding hydrogens is 264 g/mol. The number of hydrogen-bond donors (Lipinski definition) is 1. The highest BCUT2D eigenvalue weighted by atomic mass is 16.2. The lowest BCUT2D eigenvalue weighted by Gasteiger charge is -2.35. The number of nitrogens with two attached hydrogens (primary N) is 1. The highest BCUT2D eigenvalue weighted by Crippen LogP contribution is 2.27. The van der Waals surface area contributed by atoms with Crippen LogP contribution in [0.3, 0.4) is 0 Å². The Kier molecular flexibility index (Phi) is 4.18. The minimum Gasteiger partial charge on any atom is -0.336 e. The van der Waals surface area contributed by atoms with Crippen LogP contribution in [-0.2, 0) is 0 Å². The average Bonchev–Trinajstić information content (AvgIpc) is 3.37. The Morgan fingerprint density at radius 2 is 2.10 bits per heavy atom. The number of pyridine rings is 1. The Morgan fingerprint density at radius 3 is 2.76 bits per heavy atom. The normalized spacial score (nSPS) is 19.0. The molecule has 1 aliphatic heterocycles. The van der Waals surface area contributed by atoms with Gasteiger partial charge in [-0.1, -0.05) is 11.8 Å². The number of carbonyl (C=O) groups is 1. The molecule has 0 unspecified atom stereocenters. The van der Waals surface area contributed by atoms with Crippen LogP contribution in [0.5, 0.6) is 0 Å². The molecule has 0 radical (unpaired) electrons. The SMILES string of the molecule is NCC#Cc1cnccc1C(=O)N1CCN(C2CC2)CC1. The van der Waals surface area contributed by atoms with Crippen molar-refractivity contribution in [3.63, 3.8) is 0 Å². The molecule has 0 spiro atoms. The first-order valence-electron chi connectivity index (χ1n) is 7.46. The van der Waals surface area contributed by atoms with E-state index in [4.69, 9.17) is 5.73 Å². The van der Waals surface area contributed by atoms with E-state index >= 15 is 0 Å². The summed E-state index contributed by atoms with van der Waals surface area (Å²) in [5.74, 6) is 5.78. The van der Waals surface area contributed by atoms with Gasteiger partial charge in [0.05, 0.1) is 17.7 Å². The second-order valence-electron chi connectivity index (χ2n) is 5.49. The Labute approximate surface area is 125 Å². The van der Waals surface area contributed by atoms with Crippen molar-refractivity contribution in [3.8, 4) is 11.8 Å². The van der Waals surface area contributed by atoms with Gasteiger partial charge in [-0.2, -0.15) is 0 Å². The lowest BCUT2D eigenvalue weighted by Crippen LogP contribution is -2.49. The van der Waals surface area contributed by atoms with E-state index in [9.17, 15) is 4.79 Å². The van der Waals surface area contributed by atoms with Crippen molar-refractivity contribution in [1.29, 1.82) is 0 Å². The number of aromatic nitrogens is 1. The molecule has 5 heteroatoms. The zero-order chi connectivity index (χ0) is 14.7. The summed E-state index contributed by atoms with van der Waals surface area (Å²) >= 11 is 0. The van der Waals surface area contributed by atoms with Gasteiger partial charge in [-0.25, -0.2) is 0 Å². The molecule has 110 valence electrons. The van der Waals surface area contributed by atoms with Crippen molar-refractivity contribution in [2.45, 2.75) is 18.9 Å². The minimum absolute atomic E-state index is 0.0502. The second-order valence-corrected chi connectivity index (χ2v) is 5.49. The van der Waals surface area contributed by atoms with E-state index in [0.29, 0.717) is 11.1 Å². The second kappa shape index (κ2) is 6.25. The van der Waals surface area contributed by atoms with Crippen molar-refractivity contribution < 1.29 is 4.79 Å². The maximum Gasteiger partial charge on any atom is 0.255 e. The highest BCUT2D eigenvalue weighted by molar-refractivity contribution is 5.96. The summed E-state index contributed by atoms with van der Waals surface area (Å²) < 4.78 is 0. The largest absolute Gasteiger partial charge is 0.336 e. The number of carbonyl (C=O) groups excluding carboxylic acids is 1. The first-order valence-corrected chi connectivity index (χ1v) is 7.46. The van der Waals surface area contributed by atoms with E-state index in [0.717, 1.165) is 32.2 Å². The van der Waals surface area contributed by atoms with Gasteiger partial charge in [0.1, 0.15) is 0 Å². The van der Waals surface area contributed by atoms with Gasteiger partial charge < -0.3 is 10.6 Å². The third kappa shape index (κ3) is 3.23. The molecule has 21 heavy (non-hydrogen) atoms. The van der Waals surface area contributed by atoms with Crippen molar-refractivity contribution >= 4 is 5.91 Å². The van der Waals surface area contributed by atoms with Crippen LogP contribution in [-0.4, -0.2) is 59.5 Å². The molecule has 2 heterocycles. The Balaban J connectivity index is 1.70. The molecule has 5 nitrogen and oxygen atoms in total. The van der Waals surface area contributed by atoms with Crippen molar-refractivity contribution in [2.24, 2.45) is 5.73 Å². The maximum atomic E-state index is 12.7. The van der Waals surface area contributed by atoms with E-state index in [1.165, 1.54) is 12.8 Å². The molecular formula is C16H20N4O. The zero-order valence-electron chi connectivity index (χ0n) is 12.1. The molecule has 1 aliphatic carbocycles. The predicted octanol–water partition coefficient (Wildman–Crippen LogP) is 0.312. The number of nitrogens with zero attached hydrogens (tertiary/aromatic N) is 3. The third-order valence-corrected chi connectivity index (χ3v) is 4.04. The molecule has 1 aromatic heterocycles. The Bertz CT molecular complexity index is 577. The summed E-state index contributed by atoms with van der Waals surface area (Å²) in [4.78, 5) is 21.1. The fourth-order valence-corrected chi connectivity index (χ4v) is 2.73. The molecule has 2 N–H and O–H groups in total. The lowest BCUT2D eigenvalue weighted by atomic mass is 10.1. The molecule has 0 bridgehead atoms. The van der Waals surface area contributed by atoms with Crippen LogP contribution >= 0.6 is 0 Å². The van der Waals surface area contributed by atoms with Gasteiger partial charge in [0, 0.05) is 44.6 Å². The maximum absolute atomic E-state index is 12.7. The van der Waals surface area contributed by atoms with E-state index in [1.54, 1.807) is 18.5 Å².